The monoisotopic (exact) mass is 208 g/mol. The van der Waals surface area contributed by atoms with Gasteiger partial charge in [-0.3, -0.25) is 0 Å². The van der Waals surface area contributed by atoms with Crippen molar-refractivity contribution in [3.63, 3.8) is 0 Å². The van der Waals surface area contributed by atoms with Crippen LogP contribution >= 0.6 is 0 Å². The summed E-state index contributed by atoms with van der Waals surface area (Å²) in [5, 5.41) is 0. The molecular weight excluding hydrogens is 188 g/mol. The quantitative estimate of drug-likeness (QED) is 0.830. The van der Waals surface area contributed by atoms with Crippen LogP contribution in [0.1, 0.15) is 55.4 Å². The largest absolute Gasteiger partial charge is 0.445 e. The van der Waals surface area contributed by atoms with Crippen LogP contribution in [0.2, 0.25) is 0 Å². The van der Waals surface area contributed by atoms with Crippen molar-refractivity contribution in [2.24, 2.45) is 5.73 Å². The molecular formula is C12H20N2O. The summed E-state index contributed by atoms with van der Waals surface area (Å²) in [7, 11) is 0. The highest BCUT2D eigenvalue weighted by Gasteiger charge is 2.21. The Hall–Kier alpha value is -0.830. The minimum Gasteiger partial charge on any atom is -0.445 e. The molecule has 0 bridgehead atoms. The molecule has 1 heterocycles. The summed E-state index contributed by atoms with van der Waals surface area (Å²) in [5.41, 5.74) is 6.59. The van der Waals surface area contributed by atoms with Crippen molar-refractivity contribution in [3.05, 3.63) is 17.3 Å². The fraction of sp³-hybridized carbons (Fsp3) is 0.750. The molecule has 0 saturated heterocycles. The van der Waals surface area contributed by atoms with Crippen molar-refractivity contribution >= 4 is 0 Å². The standard InChI is InChI=1S/C12H20N2O/c1-9-11(7-8-13)14-12(15-9)10-5-3-2-4-6-10/h10H,2-8,13H2,1H3. The van der Waals surface area contributed by atoms with E-state index >= 15 is 0 Å². The average molecular weight is 208 g/mol. The van der Waals surface area contributed by atoms with Gasteiger partial charge < -0.3 is 10.2 Å². The van der Waals surface area contributed by atoms with Gasteiger partial charge in [0.1, 0.15) is 5.76 Å². The Bertz CT molecular complexity index is 313. The Morgan fingerprint density at radius 2 is 2.07 bits per heavy atom. The summed E-state index contributed by atoms with van der Waals surface area (Å²) in [6.45, 7) is 2.64. The fourth-order valence-electron chi connectivity index (χ4n) is 2.34. The molecule has 0 aromatic carbocycles. The predicted molar refractivity (Wildman–Crippen MR) is 59.8 cm³/mol. The molecule has 3 heteroatoms. The fourth-order valence-corrected chi connectivity index (χ4v) is 2.34. The summed E-state index contributed by atoms with van der Waals surface area (Å²) in [4.78, 5) is 4.58. The molecule has 0 radical (unpaired) electrons. The highest BCUT2D eigenvalue weighted by molar-refractivity contribution is 5.11. The van der Waals surface area contributed by atoms with E-state index in [-0.39, 0.29) is 0 Å². The van der Waals surface area contributed by atoms with Crippen LogP contribution in [-0.4, -0.2) is 11.5 Å². The lowest BCUT2D eigenvalue weighted by Gasteiger charge is -2.17. The maximum Gasteiger partial charge on any atom is 0.197 e. The van der Waals surface area contributed by atoms with Crippen LogP contribution in [0.4, 0.5) is 0 Å². The average Bonchev–Trinajstić information content (AvgIpc) is 2.63. The van der Waals surface area contributed by atoms with Crippen LogP contribution in [-0.2, 0) is 6.42 Å². The normalized spacial score (nSPS) is 18.3. The third kappa shape index (κ3) is 2.40. The molecule has 1 saturated carbocycles. The van der Waals surface area contributed by atoms with Crippen molar-refractivity contribution in [3.8, 4) is 0 Å². The molecule has 3 nitrogen and oxygen atoms in total. The van der Waals surface area contributed by atoms with E-state index in [4.69, 9.17) is 10.2 Å². The number of rotatable bonds is 3. The lowest BCUT2D eigenvalue weighted by Crippen LogP contribution is -2.06. The maximum atomic E-state index is 5.74. The number of aryl methyl sites for hydroxylation is 1. The van der Waals surface area contributed by atoms with Gasteiger partial charge in [-0.15, -0.1) is 0 Å². The zero-order valence-electron chi connectivity index (χ0n) is 9.46. The first-order valence-electron chi connectivity index (χ1n) is 5.97. The highest BCUT2D eigenvalue weighted by Crippen LogP contribution is 2.32. The molecule has 84 valence electrons. The molecule has 0 atom stereocenters. The van der Waals surface area contributed by atoms with E-state index in [0.29, 0.717) is 12.5 Å². The van der Waals surface area contributed by atoms with Crippen molar-refractivity contribution in [2.75, 3.05) is 6.54 Å². The molecule has 1 aromatic rings. The van der Waals surface area contributed by atoms with E-state index < -0.39 is 0 Å². The third-order valence-electron chi connectivity index (χ3n) is 3.24. The van der Waals surface area contributed by atoms with E-state index in [0.717, 1.165) is 23.8 Å². The van der Waals surface area contributed by atoms with Gasteiger partial charge in [0.15, 0.2) is 5.89 Å². The van der Waals surface area contributed by atoms with E-state index in [1.165, 1.54) is 32.1 Å². The summed E-state index contributed by atoms with van der Waals surface area (Å²) in [6, 6.07) is 0. The molecule has 1 aliphatic rings. The molecule has 2 rings (SSSR count). The van der Waals surface area contributed by atoms with Gasteiger partial charge >= 0.3 is 0 Å². The van der Waals surface area contributed by atoms with Crippen LogP contribution in [0, 0.1) is 6.92 Å². The van der Waals surface area contributed by atoms with E-state index in [1.807, 2.05) is 6.92 Å². The number of oxazole rings is 1. The number of aromatic nitrogens is 1. The molecule has 0 amide bonds. The number of nitrogens with zero attached hydrogens (tertiary/aromatic N) is 1. The van der Waals surface area contributed by atoms with Crippen LogP contribution in [0.25, 0.3) is 0 Å². The molecule has 0 unspecified atom stereocenters. The summed E-state index contributed by atoms with van der Waals surface area (Å²) in [6.07, 6.45) is 7.31. The minimum absolute atomic E-state index is 0.559. The highest BCUT2D eigenvalue weighted by atomic mass is 16.4. The minimum atomic E-state index is 0.559. The molecule has 1 aromatic heterocycles. The smallest absolute Gasteiger partial charge is 0.197 e. The van der Waals surface area contributed by atoms with Gasteiger partial charge in [-0.25, -0.2) is 4.98 Å². The molecule has 0 aliphatic heterocycles. The second-order valence-corrected chi connectivity index (χ2v) is 4.43. The summed E-state index contributed by atoms with van der Waals surface area (Å²) >= 11 is 0. The summed E-state index contributed by atoms with van der Waals surface area (Å²) < 4.78 is 5.74. The Labute approximate surface area is 91.1 Å². The van der Waals surface area contributed by atoms with Crippen LogP contribution < -0.4 is 5.73 Å². The van der Waals surface area contributed by atoms with Crippen LogP contribution in [0.15, 0.2) is 4.42 Å². The third-order valence-corrected chi connectivity index (χ3v) is 3.24. The van der Waals surface area contributed by atoms with Gasteiger partial charge in [0.2, 0.25) is 0 Å². The first-order chi connectivity index (χ1) is 7.31. The van der Waals surface area contributed by atoms with Crippen molar-refractivity contribution in [1.29, 1.82) is 0 Å². The predicted octanol–water partition coefficient (Wildman–Crippen LogP) is 2.53. The van der Waals surface area contributed by atoms with Gasteiger partial charge in [0.05, 0.1) is 5.69 Å². The summed E-state index contributed by atoms with van der Waals surface area (Å²) in [5.74, 6) is 2.47. The van der Waals surface area contributed by atoms with E-state index in [9.17, 15) is 0 Å². The zero-order valence-corrected chi connectivity index (χ0v) is 9.46. The Balaban J connectivity index is 2.10. The Kier molecular flexibility index (Phi) is 3.41. The molecule has 2 N–H and O–H groups in total. The number of hydrogen-bond acceptors (Lipinski definition) is 3. The van der Waals surface area contributed by atoms with Crippen LogP contribution in [0.5, 0.6) is 0 Å². The number of hydrogen-bond donors (Lipinski definition) is 1. The molecule has 0 spiro atoms. The van der Waals surface area contributed by atoms with Crippen molar-refractivity contribution < 1.29 is 4.42 Å². The Morgan fingerprint density at radius 1 is 1.33 bits per heavy atom. The van der Waals surface area contributed by atoms with Gasteiger partial charge in [0, 0.05) is 12.3 Å². The topological polar surface area (TPSA) is 52.0 Å². The Morgan fingerprint density at radius 3 is 2.73 bits per heavy atom. The van der Waals surface area contributed by atoms with Crippen molar-refractivity contribution in [1.82, 2.24) is 4.98 Å². The second-order valence-electron chi connectivity index (χ2n) is 4.43. The first-order valence-corrected chi connectivity index (χ1v) is 5.97. The van der Waals surface area contributed by atoms with Gasteiger partial charge in [0.25, 0.3) is 0 Å². The lowest BCUT2D eigenvalue weighted by atomic mass is 9.89. The SMILES string of the molecule is Cc1oc(C2CCCCC2)nc1CCN. The number of nitrogens with two attached hydrogens (primary N) is 1. The lowest BCUT2D eigenvalue weighted by molar-refractivity contribution is 0.356. The van der Waals surface area contributed by atoms with Gasteiger partial charge in [-0.2, -0.15) is 0 Å². The van der Waals surface area contributed by atoms with E-state index in [1.54, 1.807) is 0 Å². The molecule has 15 heavy (non-hydrogen) atoms. The second kappa shape index (κ2) is 4.79. The molecule has 1 aliphatic carbocycles. The zero-order chi connectivity index (χ0) is 10.7. The van der Waals surface area contributed by atoms with Gasteiger partial charge in [-0.1, -0.05) is 19.3 Å². The van der Waals surface area contributed by atoms with Crippen LogP contribution in [0.3, 0.4) is 0 Å². The van der Waals surface area contributed by atoms with Crippen molar-refractivity contribution in [2.45, 2.75) is 51.4 Å². The van der Waals surface area contributed by atoms with E-state index in [2.05, 4.69) is 4.98 Å². The van der Waals surface area contributed by atoms with Gasteiger partial charge in [-0.05, 0) is 26.3 Å². The maximum absolute atomic E-state index is 5.74. The molecule has 1 fully saturated rings. The first kappa shape index (κ1) is 10.7.